The van der Waals surface area contributed by atoms with Gasteiger partial charge in [-0.3, -0.25) is 4.98 Å². The molecule has 1 aromatic heterocycles. The van der Waals surface area contributed by atoms with Crippen LogP contribution in [-0.2, 0) is 0 Å². The second-order valence-corrected chi connectivity index (χ2v) is 3.34. The fourth-order valence-corrected chi connectivity index (χ4v) is 1.43. The smallest absolute Gasteiger partial charge is 0.123 e. The topological polar surface area (TPSA) is 33.1 Å². The van der Waals surface area contributed by atoms with Gasteiger partial charge in [0.2, 0.25) is 0 Å². The van der Waals surface area contributed by atoms with Gasteiger partial charge in [0.25, 0.3) is 0 Å². The van der Waals surface area contributed by atoms with Crippen molar-refractivity contribution < 1.29 is 5.11 Å². The van der Waals surface area contributed by atoms with Crippen molar-refractivity contribution in [2.24, 2.45) is 0 Å². The number of benzene rings is 1. The molecule has 0 saturated carbocycles. The highest BCUT2D eigenvalue weighted by Crippen LogP contribution is 2.30. The maximum Gasteiger partial charge on any atom is 0.123 e. The van der Waals surface area contributed by atoms with E-state index in [0.717, 1.165) is 5.56 Å². The number of hydrogen-bond acceptors (Lipinski definition) is 2. The Morgan fingerprint density at radius 2 is 2.07 bits per heavy atom. The number of phenolic OH excluding ortho intramolecular Hbond substituents is 1. The van der Waals surface area contributed by atoms with Gasteiger partial charge in [-0.15, -0.1) is 0 Å². The van der Waals surface area contributed by atoms with Gasteiger partial charge < -0.3 is 5.11 Å². The van der Waals surface area contributed by atoms with E-state index in [-0.39, 0.29) is 5.75 Å². The summed E-state index contributed by atoms with van der Waals surface area (Å²) in [5.74, 6) is 0.211. The SMILES string of the molecule is Oc1ccc(Cl)cc1-c1cccnc1. The highest BCUT2D eigenvalue weighted by molar-refractivity contribution is 6.30. The second kappa shape index (κ2) is 3.68. The maximum absolute atomic E-state index is 9.60. The first kappa shape index (κ1) is 9.03. The van der Waals surface area contributed by atoms with Gasteiger partial charge >= 0.3 is 0 Å². The van der Waals surface area contributed by atoms with E-state index in [1.54, 1.807) is 30.6 Å². The lowest BCUT2D eigenvalue weighted by molar-refractivity contribution is 0.477. The highest BCUT2D eigenvalue weighted by atomic mass is 35.5. The van der Waals surface area contributed by atoms with Crippen molar-refractivity contribution in [3.05, 3.63) is 47.7 Å². The molecule has 2 nitrogen and oxygen atoms in total. The van der Waals surface area contributed by atoms with Crippen LogP contribution in [0.15, 0.2) is 42.7 Å². The van der Waals surface area contributed by atoms with E-state index in [1.807, 2.05) is 12.1 Å². The quantitative estimate of drug-likeness (QED) is 0.776. The molecule has 0 aliphatic carbocycles. The van der Waals surface area contributed by atoms with Crippen LogP contribution in [0.5, 0.6) is 5.75 Å². The van der Waals surface area contributed by atoms with Crippen LogP contribution in [-0.4, -0.2) is 10.1 Å². The van der Waals surface area contributed by atoms with E-state index in [1.165, 1.54) is 0 Å². The van der Waals surface area contributed by atoms with Crippen molar-refractivity contribution in [2.45, 2.75) is 0 Å². The summed E-state index contributed by atoms with van der Waals surface area (Å²) in [6, 6.07) is 8.63. The molecule has 2 rings (SSSR count). The third kappa shape index (κ3) is 1.70. The molecule has 2 aromatic rings. The van der Waals surface area contributed by atoms with Crippen molar-refractivity contribution in [3.8, 4) is 16.9 Å². The lowest BCUT2D eigenvalue weighted by Crippen LogP contribution is -1.80. The standard InChI is InChI=1S/C11H8ClNO/c12-9-3-4-11(14)10(6-9)8-2-1-5-13-7-8/h1-7,14H. The Hall–Kier alpha value is -1.54. The number of hydrogen-bond donors (Lipinski definition) is 1. The van der Waals surface area contributed by atoms with E-state index in [4.69, 9.17) is 11.6 Å². The molecule has 0 amide bonds. The molecule has 0 atom stereocenters. The molecule has 0 fully saturated rings. The molecule has 0 spiro atoms. The van der Waals surface area contributed by atoms with Crippen molar-refractivity contribution in [1.82, 2.24) is 4.98 Å². The Bertz CT molecular complexity index is 442. The van der Waals surface area contributed by atoms with E-state index >= 15 is 0 Å². The summed E-state index contributed by atoms with van der Waals surface area (Å²) in [6.07, 6.45) is 3.37. The molecule has 0 aliphatic heterocycles. The first-order valence-electron chi connectivity index (χ1n) is 4.16. The first-order valence-corrected chi connectivity index (χ1v) is 4.54. The largest absolute Gasteiger partial charge is 0.507 e. The Morgan fingerprint density at radius 1 is 1.21 bits per heavy atom. The molecule has 3 heteroatoms. The summed E-state index contributed by atoms with van der Waals surface area (Å²) < 4.78 is 0. The summed E-state index contributed by atoms with van der Waals surface area (Å²) in [4.78, 5) is 3.98. The van der Waals surface area contributed by atoms with E-state index in [9.17, 15) is 5.11 Å². The average Bonchev–Trinajstić information content (AvgIpc) is 2.23. The molecule has 1 aromatic carbocycles. The predicted octanol–water partition coefficient (Wildman–Crippen LogP) is 3.11. The Balaban J connectivity index is 2.57. The number of phenols is 1. The number of halogens is 1. The third-order valence-corrected chi connectivity index (χ3v) is 2.17. The van der Waals surface area contributed by atoms with Crippen molar-refractivity contribution >= 4 is 11.6 Å². The van der Waals surface area contributed by atoms with E-state index < -0.39 is 0 Å². The summed E-state index contributed by atoms with van der Waals surface area (Å²) in [5.41, 5.74) is 1.55. The summed E-state index contributed by atoms with van der Waals surface area (Å²) in [5, 5.41) is 10.2. The molecule has 1 heterocycles. The minimum Gasteiger partial charge on any atom is -0.507 e. The summed E-state index contributed by atoms with van der Waals surface area (Å²) in [6.45, 7) is 0. The molecule has 0 radical (unpaired) electrons. The Kier molecular flexibility index (Phi) is 2.37. The van der Waals surface area contributed by atoms with E-state index in [0.29, 0.717) is 10.6 Å². The van der Waals surface area contributed by atoms with Crippen LogP contribution in [0.4, 0.5) is 0 Å². The van der Waals surface area contributed by atoms with Crippen LogP contribution >= 0.6 is 11.6 Å². The lowest BCUT2D eigenvalue weighted by Gasteiger charge is -2.03. The van der Waals surface area contributed by atoms with Gasteiger partial charge in [0.05, 0.1) is 0 Å². The molecular weight excluding hydrogens is 198 g/mol. The maximum atomic E-state index is 9.60. The van der Waals surface area contributed by atoms with Crippen LogP contribution < -0.4 is 0 Å². The zero-order valence-electron chi connectivity index (χ0n) is 7.31. The average molecular weight is 206 g/mol. The molecular formula is C11H8ClNO. The molecule has 70 valence electrons. The Morgan fingerprint density at radius 3 is 2.79 bits per heavy atom. The molecule has 14 heavy (non-hydrogen) atoms. The minimum atomic E-state index is 0.211. The summed E-state index contributed by atoms with van der Waals surface area (Å²) >= 11 is 5.84. The summed E-state index contributed by atoms with van der Waals surface area (Å²) in [7, 11) is 0. The van der Waals surface area contributed by atoms with Gasteiger partial charge in [0.15, 0.2) is 0 Å². The van der Waals surface area contributed by atoms with Crippen LogP contribution in [0.1, 0.15) is 0 Å². The fraction of sp³-hybridized carbons (Fsp3) is 0. The van der Waals surface area contributed by atoms with Crippen molar-refractivity contribution in [2.75, 3.05) is 0 Å². The monoisotopic (exact) mass is 205 g/mol. The zero-order chi connectivity index (χ0) is 9.97. The van der Waals surface area contributed by atoms with Gasteiger partial charge in [-0.25, -0.2) is 0 Å². The number of nitrogens with zero attached hydrogens (tertiary/aromatic N) is 1. The molecule has 0 saturated heterocycles. The van der Waals surface area contributed by atoms with Gasteiger partial charge in [-0.1, -0.05) is 17.7 Å². The zero-order valence-corrected chi connectivity index (χ0v) is 8.07. The predicted molar refractivity (Wildman–Crippen MR) is 56.3 cm³/mol. The van der Waals surface area contributed by atoms with E-state index in [2.05, 4.69) is 4.98 Å². The number of aromatic nitrogens is 1. The second-order valence-electron chi connectivity index (χ2n) is 2.90. The highest BCUT2D eigenvalue weighted by Gasteiger charge is 2.04. The van der Waals surface area contributed by atoms with Crippen LogP contribution in [0, 0.1) is 0 Å². The van der Waals surface area contributed by atoms with Crippen LogP contribution in [0.25, 0.3) is 11.1 Å². The number of pyridine rings is 1. The van der Waals surface area contributed by atoms with Gasteiger partial charge in [0, 0.05) is 28.5 Å². The van der Waals surface area contributed by atoms with Gasteiger partial charge in [0.1, 0.15) is 5.75 Å². The number of rotatable bonds is 1. The third-order valence-electron chi connectivity index (χ3n) is 1.93. The van der Waals surface area contributed by atoms with Crippen LogP contribution in [0.3, 0.4) is 0 Å². The Labute approximate surface area is 86.8 Å². The van der Waals surface area contributed by atoms with Crippen molar-refractivity contribution in [3.63, 3.8) is 0 Å². The van der Waals surface area contributed by atoms with Gasteiger partial charge in [-0.2, -0.15) is 0 Å². The molecule has 1 N–H and O–H groups in total. The van der Waals surface area contributed by atoms with Gasteiger partial charge in [-0.05, 0) is 24.3 Å². The molecule has 0 bridgehead atoms. The van der Waals surface area contributed by atoms with Crippen molar-refractivity contribution in [1.29, 1.82) is 0 Å². The minimum absolute atomic E-state index is 0.211. The number of aromatic hydroxyl groups is 1. The molecule has 0 unspecified atom stereocenters. The first-order chi connectivity index (χ1) is 6.77. The molecule has 0 aliphatic rings. The fourth-order valence-electron chi connectivity index (χ4n) is 1.26. The normalized spacial score (nSPS) is 10.1. The van der Waals surface area contributed by atoms with Crippen LogP contribution in [0.2, 0.25) is 5.02 Å². The lowest BCUT2D eigenvalue weighted by atomic mass is 10.1.